The lowest BCUT2D eigenvalue weighted by Crippen LogP contribution is -2.22. The molecule has 1 rings (SSSR count). The topological polar surface area (TPSA) is 46.5 Å². The van der Waals surface area contributed by atoms with Crippen molar-refractivity contribution in [1.82, 2.24) is 0 Å². The number of aliphatic hydroxyl groups excluding tert-OH is 1. The van der Waals surface area contributed by atoms with Crippen LogP contribution in [-0.2, 0) is 9.53 Å². The van der Waals surface area contributed by atoms with Crippen LogP contribution in [0.25, 0.3) is 0 Å². The third kappa shape index (κ3) is 3.04. The van der Waals surface area contributed by atoms with Crippen molar-refractivity contribution in [2.75, 3.05) is 13.7 Å². The molecule has 0 spiro atoms. The highest BCUT2D eigenvalue weighted by Crippen LogP contribution is 2.28. The molecule has 0 bridgehead atoms. The van der Waals surface area contributed by atoms with Gasteiger partial charge in [0.05, 0.1) is 13.0 Å². The summed E-state index contributed by atoms with van der Waals surface area (Å²) in [7, 11) is 1.43. The summed E-state index contributed by atoms with van der Waals surface area (Å²) < 4.78 is 4.69. The fourth-order valence-corrected chi connectivity index (χ4v) is 1.83. The number of hydrogen-bond acceptors (Lipinski definition) is 3. The van der Waals surface area contributed by atoms with Gasteiger partial charge in [-0.1, -0.05) is 11.8 Å². The number of methoxy groups -OCH3 is 1. The maximum absolute atomic E-state index is 11.2. The lowest BCUT2D eigenvalue weighted by atomic mass is 9.82. The minimum Gasteiger partial charge on any atom is -0.469 e. The maximum Gasteiger partial charge on any atom is 0.308 e. The Morgan fingerprint density at radius 1 is 1.43 bits per heavy atom. The summed E-state index contributed by atoms with van der Waals surface area (Å²) in [4.78, 5) is 11.2. The van der Waals surface area contributed by atoms with Crippen molar-refractivity contribution in [3.8, 4) is 11.8 Å². The first-order chi connectivity index (χ1) is 6.77. The summed E-state index contributed by atoms with van der Waals surface area (Å²) in [5.41, 5.74) is 0. The van der Waals surface area contributed by atoms with Crippen LogP contribution >= 0.6 is 0 Å². The highest BCUT2D eigenvalue weighted by molar-refractivity contribution is 5.72. The van der Waals surface area contributed by atoms with Gasteiger partial charge < -0.3 is 9.84 Å². The summed E-state index contributed by atoms with van der Waals surface area (Å²) in [5.74, 6) is 5.98. The van der Waals surface area contributed by atoms with Gasteiger partial charge in [-0.15, -0.1) is 0 Å². The number of hydrogen-bond donors (Lipinski definition) is 1. The Morgan fingerprint density at radius 2 is 2.07 bits per heavy atom. The average Bonchev–Trinajstić information content (AvgIpc) is 2.26. The van der Waals surface area contributed by atoms with Gasteiger partial charge in [0.2, 0.25) is 0 Å². The van der Waals surface area contributed by atoms with Crippen molar-refractivity contribution < 1.29 is 14.6 Å². The lowest BCUT2D eigenvalue weighted by Gasteiger charge is -2.23. The van der Waals surface area contributed by atoms with Crippen LogP contribution < -0.4 is 0 Å². The van der Waals surface area contributed by atoms with Crippen LogP contribution in [-0.4, -0.2) is 24.8 Å². The van der Waals surface area contributed by atoms with Crippen LogP contribution in [0, 0.1) is 23.7 Å². The first kappa shape index (κ1) is 11.1. The smallest absolute Gasteiger partial charge is 0.308 e. The molecule has 0 aliphatic heterocycles. The molecule has 1 saturated carbocycles. The number of aliphatic hydroxyl groups is 1. The second-order valence-electron chi connectivity index (χ2n) is 3.55. The Balaban J connectivity index is 2.34. The van der Waals surface area contributed by atoms with E-state index in [-0.39, 0.29) is 18.5 Å². The second-order valence-corrected chi connectivity index (χ2v) is 3.55. The normalized spacial score (nSPS) is 26.1. The van der Waals surface area contributed by atoms with Crippen LogP contribution in [0.1, 0.15) is 25.7 Å². The van der Waals surface area contributed by atoms with Crippen LogP contribution in [0.3, 0.4) is 0 Å². The van der Waals surface area contributed by atoms with E-state index in [0.29, 0.717) is 5.92 Å². The molecule has 0 amide bonds. The summed E-state index contributed by atoms with van der Waals surface area (Å²) in [6, 6.07) is 0. The van der Waals surface area contributed by atoms with Gasteiger partial charge in [0.15, 0.2) is 0 Å². The molecule has 1 N–H and O–H groups in total. The Labute approximate surface area is 84.5 Å². The summed E-state index contributed by atoms with van der Waals surface area (Å²) >= 11 is 0. The molecule has 0 aromatic carbocycles. The van der Waals surface area contributed by atoms with Crippen LogP contribution in [0.2, 0.25) is 0 Å². The van der Waals surface area contributed by atoms with Crippen molar-refractivity contribution in [3.63, 3.8) is 0 Å². The minimum absolute atomic E-state index is 0.0622. The maximum atomic E-state index is 11.2. The Hall–Kier alpha value is -1.01. The van der Waals surface area contributed by atoms with Gasteiger partial charge in [0.1, 0.15) is 6.61 Å². The molecule has 0 heterocycles. The highest BCUT2D eigenvalue weighted by Gasteiger charge is 2.25. The van der Waals surface area contributed by atoms with Crippen molar-refractivity contribution in [1.29, 1.82) is 0 Å². The van der Waals surface area contributed by atoms with E-state index in [9.17, 15) is 4.79 Å². The fourth-order valence-electron chi connectivity index (χ4n) is 1.83. The van der Waals surface area contributed by atoms with Gasteiger partial charge in [0, 0.05) is 5.92 Å². The van der Waals surface area contributed by atoms with Gasteiger partial charge in [-0.25, -0.2) is 0 Å². The highest BCUT2D eigenvalue weighted by atomic mass is 16.5. The standard InChI is InChI=1S/C11H16O3/c1-14-11(13)10-6-4-9(5-7-10)3-2-8-12/h9-10,12H,4-8H2,1H3. The first-order valence-corrected chi connectivity index (χ1v) is 4.95. The lowest BCUT2D eigenvalue weighted by molar-refractivity contribution is -0.146. The van der Waals surface area contributed by atoms with E-state index in [4.69, 9.17) is 9.84 Å². The second kappa shape index (κ2) is 5.66. The van der Waals surface area contributed by atoms with E-state index in [0.717, 1.165) is 25.7 Å². The molecule has 3 nitrogen and oxygen atoms in total. The predicted octanol–water partition coefficient (Wildman–Crippen LogP) is 0.961. The van der Waals surface area contributed by atoms with Crippen molar-refractivity contribution in [2.45, 2.75) is 25.7 Å². The molecule has 0 aromatic heterocycles. The Morgan fingerprint density at radius 3 is 2.57 bits per heavy atom. The van der Waals surface area contributed by atoms with Crippen LogP contribution in [0.5, 0.6) is 0 Å². The Kier molecular flexibility index (Phi) is 4.48. The number of carbonyl (C=O) groups excluding carboxylic acids is 1. The molecule has 14 heavy (non-hydrogen) atoms. The predicted molar refractivity (Wildman–Crippen MR) is 52.3 cm³/mol. The quantitative estimate of drug-likeness (QED) is 0.502. The SMILES string of the molecule is COC(=O)C1CCC(C#CCO)CC1. The molecule has 0 atom stereocenters. The molecule has 3 heteroatoms. The molecular weight excluding hydrogens is 180 g/mol. The Bertz CT molecular complexity index is 241. The zero-order chi connectivity index (χ0) is 10.4. The van der Waals surface area contributed by atoms with E-state index in [1.807, 2.05) is 0 Å². The number of ether oxygens (including phenoxy) is 1. The third-order valence-corrected chi connectivity index (χ3v) is 2.65. The number of carbonyl (C=O) groups is 1. The first-order valence-electron chi connectivity index (χ1n) is 4.95. The van der Waals surface area contributed by atoms with Gasteiger partial charge in [-0.2, -0.15) is 0 Å². The summed E-state index contributed by atoms with van der Waals surface area (Å²) in [6.45, 7) is -0.0725. The number of rotatable bonds is 1. The number of esters is 1. The van der Waals surface area contributed by atoms with Crippen molar-refractivity contribution in [2.24, 2.45) is 11.8 Å². The molecule has 1 aliphatic rings. The van der Waals surface area contributed by atoms with Gasteiger partial charge >= 0.3 is 5.97 Å². The average molecular weight is 196 g/mol. The van der Waals surface area contributed by atoms with E-state index in [1.54, 1.807) is 0 Å². The van der Waals surface area contributed by atoms with Gasteiger partial charge in [-0.3, -0.25) is 4.79 Å². The molecule has 1 fully saturated rings. The largest absolute Gasteiger partial charge is 0.469 e. The molecule has 0 aromatic rings. The van der Waals surface area contributed by atoms with E-state index >= 15 is 0 Å². The zero-order valence-corrected chi connectivity index (χ0v) is 8.45. The summed E-state index contributed by atoms with van der Waals surface area (Å²) in [6.07, 6.45) is 3.59. The van der Waals surface area contributed by atoms with Crippen LogP contribution in [0.15, 0.2) is 0 Å². The van der Waals surface area contributed by atoms with Gasteiger partial charge in [-0.05, 0) is 25.7 Å². The zero-order valence-electron chi connectivity index (χ0n) is 8.45. The molecule has 0 radical (unpaired) electrons. The molecule has 1 aliphatic carbocycles. The molecule has 0 unspecified atom stereocenters. The van der Waals surface area contributed by atoms with E-state index < -0.39 is 0 Å². The van der Waals surface area contributed by atoms with E-state index in [2.05, 4.69) is 11.8 Å². The molecular formula is C11H16O3. The third-order valence-electron chi connectivity index (χ3n) is 2.65. The minimum atomic E-state index is -0.0985. The molecule has 0 saturated heterocycles. The van der Waals surface area contributed by atoms with Gasteiger partial charge in [0.25, 0.3) is 0 Å². The fraction of sp³-hybridized carbons (Fsp3) is 0.727. The monoisotopic (exact) mass is 196 g/mol. The summed E-state index contributed by atoms with van der Waals surface area (Å²) in [5, 5.41) is 8.53. The van der Waals surface area contributed by atoms with Crippen molar-refractivity contribution >= 4 is 5.97 Å². The van der Waals surface area contributed by atoms with Crippen LogP contribution in [0.4, 0.5) is 0 Å². The van der Waals surface area contributed by atoms with E-state index in [1.165, 1.54) is 7.11 Å². The molecule has 78 valence electrons. The van der Waals surface area contributed by atoms with Crippen molar-refractivity contribution in [3.05, 3.63) is 0 Å².